The van der Waals surface area contributed by atoms with E-state index in [1.54, 1.807) is 45.0 Å². The SMILES string of the molecule is CC(=O)O/C=C/CN(C(=O)OC(C)(C)C)c1ccc2cc(C#N)ccc2c1Br. The van der Waals surface area contributed by atoms with Crippen LogP contribution in [0, 0.1) is 11.3 Å². The van der Waals surface area contributed by atoms with Crippen LogP contribution in [0.2, 0.25) is 0 Å². The summed E-state index contributed by atoms with van der Waals surface area (Å²) in [6, 6.07) is 11.0. The third kappa shape index (κ3) is 5.57. The molecule has 0 aromatic heterocycles. The molecule has 146 valence electrons. The Morgan fingerprint density at radius 3 is 2.57 bits per heavy atom. The summed E-state index contributed by atoms with van der Waals surface area (Å²) in [7, 11) is 0. The normalized spacial score (nSPS) is 11.3. The maximum absolute atomic E-state index is 12.8. The Morgan fingerprint density at radius 2 is 1.96 bits per heavy atom. The van der Waals surface area contributed by atoms with Gasteiger partial charge in [-0.3, -0.25) is 9.69 Å². The predicted octanol–water partition coefficient (Wildman–Crippen LogP) is 5.29. The molecular weight excluding hydrogens is 424 g/mol. The molecule has 2 aromatic carbocycles. The average molecular weight is 445 g/mol. The molecule has 0 heterocycles. The fourth-order valence-electron chi connectivity index (χ4n) is 2.44. The Balaban J connectivity index is 2.45. The number of carbonyl (C=O) groups is 2. The molecule has 1 amide bonds. The number of hydrogen-bond donors (Lipinski definition) is 0. The molecule has 0 N–H and O–H groups in total. The number of carbonyl (C=O) groups excluding carboxylic acids is 2. The van der Waals surface area contributed by atoms with Gasteiger partial charge in [0.2, 0.25) is 0 Å². The summed E-state index contributed by atoms with van der Waals surface area (Å²) in [4.78, 5) is 25.1. The van der Waals surface area contributed by atoms with Crippen molar-refractivity contribution in [3.8, 4) is 6.07 Å². The van der Waals surface area contributed by atoms with Crippen LogP contribution in [-0.2, 0) is 14.3 Å². The molecule has 2 rings (SSSR count). The van der Waals surface area contributed by atoms with E-state index in [1.807, 2.05) is 12.1 Å². The van der Waals surface area contributed by atoms with Crippen LogP contribution in [0.5, 0.6) is 0 Å². The lowest BCUT2D eigenvalue weighted by molar-refractivity contribution is -0.135. The summed E-state index contributed by atoms with van der Waals surface area (Å²) < 4.78 is 11.0. The van der Waals surface area contributed by atoms with E-state index in [1.165, 1.54) is 18.1 Å². The second-order valence-electron chi connectivity index (χ2n) is 7.02. The van der Waals surface area contributed by atoms with E-state index < -0.39 is 17.7 Å². The minimum Gasteiger partial charge on any atom is -0.443 e. The summed E-state index contributed by atoms with van der Waals surface area (Å²) >= 11 is 3.57. The highest BCUT2D eigenvalue weighted by Gasteiger charge is 2.24. The monoisotopic (exact) mass is 444 g/mol. The predicted molar refractivity (Wildman–Crippen MR) is 111 cm³/mol. The molecule has 0 aliphatic carbocycles. The maximum atomic E-state index is 12.8. The summed E-state index contributed by atoms with van der Waals surface area (Å²) in [6.45, 7) is 6.80. The van der Waals surface area contributed by atoms with Crippen LogP contribution in [-0.4, -0.2) is 24.2 Å². The number of fused-ring (bicyclic) bond motifs is 1. The highest BCUT2D eigenvalue weighted by atomic mass is 79.9. The van der Waals surface area contributed by atoms with Gasteiger partial charge in [0.25, 0.3) is 0 Å². The van der Waals surface area contributed by atoms with E-state index in [0.717, 1.165) is 10.8 Å². The van der Waals surface area contributed by atoms with Crippen molar-refractivity contribution in [2.24, 2.45) is 0 Å². The second kappa shape index (κ2) is 8.89. The molecule has 7 heteroatoms. The third-order valence-electron chi connectivity index (χ3n) is 3.59. The molecule has 0 aliphatic rings. The molecule has 0 atom stereocenters. The van der Waals surface area contributed by atoms with Gasteiger partial charge in [-0.05, 0) is 71.7 Å². The van der Waals surface area contributed by atoms with Crippen molar-refractivity contribution >= 4 is 44.5 Å². The topological polar surface area (TPSA) is 79.6 Å². The molecule has 0 saturated heterocycles. The van der Waals surface area contributed by atoms with Gasteiger partial charge in [-0.1, -0.05) is 12.1 Å². The lowest BCUT2D eigenvalue weighted by Crippen LogP contribution is -2.37. The summed E-state index contributed by atoms with van der Waals surface area (Å²) in [5.74, 6) is -0.444. The number of esters is 1. The number of amides is 1. The van der Waals surface area contributed by atoms with E-state index in [0.29, 0.717) is 15.7 Å². The van der Waals surface area contributed by atoms with Gasteiger partial charge in [-0.25, -0.2) is 4.79 Å². The lowest BCUT2D eigenvalue weighted by Gasteiger charge is -2.27. The van der Waals surface area contributed by atoms with E-state index in [9.17, 15) is 9.59 Å². The van der Waals surface area contributed by atoms with Crippen LogP contribution in [0.15, 0.2) is 47.1 Å². The van der Waals surface area contributed by atoms with Gasteiger partial charge >= 0.3 is 12.1 Å². The van der Waals surface area contributed by atoms with Crippen molar-refractivity contribution in [1.82, 2.24) is 0 Å². The van der Waals surface area contributed by atoms with Crippen molar-refractivity contribution in [2.45, 2.75) is 33.3 Å². The van der Waals surface area contributed by atoms with E-state index in [2.05, 4.69) is 22.0 Å². The smallest absolute Gasteiger partial charge is 0.415 e. The fourth-order valence-corrected chi connectivity index (χ4v) is 3.15. The molecule has 0 fully saturated rings. The molecule has 0 bridgehead atoms. The minimum absolute atomic E-state index is 0.141. The van der Waals surface area contributed by atoms with Crippen molar-refractivity contribution in [2.75, 3.05) is 11.4 Å². The van der Waals surface area contributed by atoms with Crippen LogP contribution < -0.4 is 4.90 Å². The molecule has 2 aromatic rings. The largest absolute Gasteiger partial charge is 0.443 e. The zero-order chi connectivity index (χ0) is 20.9. The van der Waals surface area contributed by atoms with Crippen molar-refractivity contribution in [3.05, 3.63) is 52.7 Å². The Morgan fingerprint density at radius 1 is 1.25 bits per heavy atom. The Labute approximate surface area is 172 Å². The van der Waals surface area contributed by atoms with Crippen molar-refractivity contribution < 1.29 is 19.1 Å². The Hall–Kier alpha value is -2.85. The number of nitrogens with zero attached hydrogens (tertiary/aromatic N) is 2. The summed E-state index contributed by atoms with van der Waals surface area (Å²) in [5.41, 5.74) is 0.486. The van der Waals surface area contributed by atoms with Crippen LogP contribution in [0.25, 0.3) is 10.8 Å². The molecule has 0 aliphatic heterocycles. The molecule has 0 radical (unpaired) electrons. The average Bonchev–Trinajstić information content (AvgIpc) is 2.60. The zero-order valence-corrected chi connectivity index (χ0v) is 17.7. The first-order valence-corrected chi connectivity index (χ1v) is 9.37. The van der Waals surface area contributed by atoms with Gasteiger partial charge in [-0.2, -0.15) is 5.26 Å². The molecule has 28 heavy (non-hydrogen) atoms. The first kappa shape index (κ1) is 21.5. The highest BCUT2D eigenvalue weighted by Crippen LogP contribution is 2.35. The summed E-state index contributed by atoms with van der Waals surface area (Å²) in [5, 5.41) is 10.8. The van der Waals surface area contributed by atoms with Crippen LogP contribution in [0.3, 0.4) is 0 Å². The number of ether oxygens (including phenoxy) is 2. The summed E-state index contributed by atoms with van der Waals surface area (Å²) in [6.07, 6.45) is 2.27. The van der Waals surface area contributed by atoms with Gasteiger partial charge in [0, 0.05) is 11.4 Å². The first-order valence-electron chi connectivity index (χ1n) is 8.57. The Kier molecular flexibility index (Phi) is 6.81. The molecule has 0 spiro atoms. The Bertz CT molecular complexity index is 971. The zero-order valence-electron chi connectivity index (χ0n) is 16.2. The number of nitriles is 1. The third-order valence-corrected chi connectivity index (χ3v) is 4.42. The highest BCUT2D eigenvalue weighted by molar-refractivity contribution is 9.10. The standard InChI is InChI=1S/C21H21BrN2O4/c1-14(25)27-11-5-10-24(20(26)28-21(2,3)4)18-9-7-16-12-15(13-23)6-8-17(16)19(18)22/h5-9,11-12H,10H2,1-4H3/b11-5+. The van der Waals surface area contributed by atoms with Crippen molar-refractivity contribution in [3.63, 3.8) is 0 Å². The van der Waals surface area contributed by atoms with Gasteiger partial charge in [0.05, 0.1) is 30.1 Å². The minimum atomic E-state index is -0.667. The van der Waals surface area contributed by atoms with E-state index >= 15 is 0 Å². The van der Waals surface area contributed by atoms with Crippen LogP contribution >= 0.6 is 15.9 Å². The molecule has 0 saturated carbocycles. The van der Waals surface area contributed by atoms with E-state index in [-0.39, 0.29) is 6.54 Å². The number of rotatable bonds is 4. The number of anilines is 1. The maximum Gasteiger partial charge on any atom is 0.415 e. The van der Waals surface area contributed by atoms with E-state index in [4.69, 9.17) is 14.7 Å². The molecule has 6 nitrogen and oxygen atoms in total. The molecule has 0 unspecified atom stereocenters. The number of halogens is 1. The van der Waals surface area contributed by atoms with Gasteiger partial charge in [-0.15, -0.1) is 0 Å². The van der Waals surface area contributed by atoms with Crippen molar-refractivity contribution in [1.29, 1.82) is 5.26 Å². The van der Waals surface area contributed by atoms with Crippen LogP contribution in [0.1, 0.15) is 33.3 Å². The number of benzene rings is 2. The van der Waals surface area contributed by atoms with Crippen LogP contribution in [0.4, 0.5) is 10.5 Å². The lowest BCUT2D eigenvalue weighted by atomic mass is 10.1. The number of hydrogen-bond acceptors (Lipinski definition) is 5. The van der Waals surface area contributed by atoms with Gasteiger partial charge in [0.15, 0.2) is 0 Å². The fraction of sp³-hybridized carbons (Fsp3) is 0.286. The van der Waals surface area contributed by atoms with Gasteiger partial charge < -0.3 is 9.47 Å². The second-order valence-corrected chi connectivity index (χ2v) is 7.81. The quantitative estimate of drug-likeness (QED) is 0.472. The molecular formula is C21H21BrN2O4. The first-order chi connectivity index (χ1) is 13.1. The van der Waals surface area contributed by atoms with Gasteiger partial charge in [0.1, 0.15) is 5.60 Å².